The van der Waals surface area contributed by atoms with E-state index in [1.165, 1.54) is 4.90 Å². The van der Waals surface area contributed by atoms with Crippen LogP contribution >= 0.6 is 22.6 Å². The number of likely N-dealkylation sites (tertiary alicyclic amines) is 1. The summed E-state index contributed by atoms with van der Waals surface area (Å²) in [5.74, 6) is -0.334. The highest BCUT2D eigenvalue weighted by Crippen LogP contribution is 2.21. The lowest BCUT2D eigenvalue weighted by molar-refractivity contribution is -0.120. The minimum absolute atomic E-state index is 0.0817. The van der Waals surface area contributed by atoms with E-state index in [4.69, 9.17) is 4.74 Å². The van der Waals surface area contributed by atoms with Gasteiger partial charge in [-0.15, -0.1) is 0 Å². The highest BCUT2D eigenvalue weighted by Gasteiger charge is 2.39. The number of rotatable bonds is 4. The number of carbonyl (C=O) groups excluding carboxylic acids is 2. The molecule has 2 atom stereocenters. The zero-order valence-electron chi connectivity index (χ0n) is 14.0. The van der Waals surface area contributed by atoms with Crippen LogP contribution in [0.25, 0.3) is 0 Å². The van der Waals surface area contributed by atoms with Crippen molar-refractivity contribution in [2.75, 3.05) is 11.9 Å². The molecule has 2 aromatic rings. The fourth-order valence-electron chi connectivity index (χ4n) is 2.83. The molecular formula is C19H19IN2O4. The van der Waals surface area contributed by atoms with Gasteiger partial charge in [-0.1, -0.05) is 30.3 Å². The van der Waals surface area contributed by atoms with Gasteiger partial charge < -0.3 is 15.2 Å². The van der Waals surface area contributed by atoms with Crippen molar-refractivity contribution in [3.8, 4) is 0 Å². The number of β-amino-alcohol motifs (C(OH)–C–C–N with tert-alkyl or cyclic N) is 1. The van der Waals surface area contributed by atoms with Gasteiger partial charge in [0.05, 0.1) is 12.6 Å². The summed E-state index contributed by atoms with van der Waals surface area (Å²) >= 11 is 2.18. The van der Waals surface area contributed by atoms with Crippen LogP contribution in [0.15, 0.2) is 54.6 Å². The molecule has 0 radical (unpaired) electrons. The van der Waals surface area contributed by atoms with E-state index in [2.05, 4.69) is 27.9 Å². The van der Waals surface area contributed by atoms with Gasteiger partial charge in [0.2, 0.25) is 5.91 Å². The van der Waals surface area contributed by atoms with Gasteiger partial charge in [-0.05, 0) is 52.4 Å². The summed E-state index contributed by atoms with van der Waals surface area (Å²) in [5.41, 5.74) is 1.51. The van der Waals surface area contributed by atoms with E-state index >= 15 is 0 Å². The first-order chi connectivity index (χ1) is 12.5. The lowest BCUT2D eigenvalue weighted by Gasteiger charge is -2.23. The average Bonchev–Trinajstić information content (AvgIpc) is 3.04. The van der Waals surface area contributed by atoms with E-state index in [1.54, 1.807) is 12.1 Å². The Bertz CT molecular complexity index is 767. The number of aliphatic hydroxyl groups is 1. The standard InChI is InChI=1S/C19H19IN2O4/c20-14-6-8-15(9-7-14)21-18(24)17-10-16(23)11-22(17)19(25)26-12-13-4-2-1-3-5-13/h1-9,16-17,23H,10-12H2,(H,21,24)/t16-,17+/m1/s1. The van der Waals surface area contributed by atoms with Crippen molar-refractivity contribution in [3.63, 3.8) is 0 Å². The van der Waals surface area contributed by atoms with Crippen LogP contribution in [0.2, 0.25) is 0 Å². The summed E-state index contributed by atoms with van der Waals surface area (Å²) in [5, 5.41) is 12.7. The minimum atomic E-state index is -0.757. The van der Waals surface area contributed by atoms with Crippen LogP contribution in [0.5, 0.6) is 0 Å². The largest absolute Gasteiger partial charge is 0.445 e. The topological polar surface area (TPSA) is 78.9 Å². The van der Waals surface area contributed by atoms with E-state index < -0.39 is 18.2 Å². The Hall–Kier alpha value is -2.13. The smallest absolute Gasteiger partial charge is 0.410 e. The Morgan fingerprint density at radius 3 is 2.54 bits per heavy atom. The highest BCUT2D eigenvalue weighted by molar-refractivity contribution is 14.1. The van der Waals surface area contributed by atoms with Gasteiger partial charge in [0.25, 0.3) is 0 Å². The number of aliphatic hydroxyl groups excluding tert-OH is 1. The third-order valence-corrected chi connectivity index (χ3v) is 4.85. The van der Waals surface area contributed by atoms with E-state index in [-0.39, 0.29) is 25.5 Å². The third-order valence-electron chi connectivity index (χ3n) is 4.13. The van der Waals surface area contributed by atoms with Gasteiger partial charge in [-0.3, -0.25) is 9.69 Å². The molecule has 1 saturated heterocycles. The molecule has 1 aliphatic rings. The number of hydrogen-bond donors (Lipinski definition) is 2. The van der Waals surface area contributed by atoms with Crippen LogP contribution in [-0.2, 0) is 16.1 Å². The molecule has 1 aliphatic heterocycles. The first-order valence-corrected chi connectivity index (χ1v) is 9.32. The van der Waals surface area contributed by atoms with Crippen molar-refractivity contribution >= 4 is 40.3 Å². The number of amides is 2. The number of halogens is 1. The maximum atomic E-state index is 12.6. The van der Waals surface area contributed by atoms with Crippen molar-refractivity contribution < 1.29 is 19.4 Å². The lowest BCUT2D eigenvalue weighted by Crippen LogP contribution is -2.43. The molecule has 26 heavy (non-hydrogen) atoms. The van der Waals surface area contributed by atoms with Crippen molar-refractivity contribution in [2.45, 2.75) is 25.2 Å². The summed E-state index contributed by atoms with van der Waals surface area (Å²) in [6.45, 7) is 0.204. The molecule has 6 nitrogen and oxygen atoms in total. The number of carbonyl (C=O) groups is 2. The molecule has 0 unspecified atom stereocenters. The molecule has 0 saturated carbocycles. The minimum Gasteiger partial charge on any atom is -0.445 e. The molecule has 3 rings (SSSR count). The number of nitrogens with zero attached hydrogens (tertiary/aromatic N) is 1. The van der Waals surface area contributed by atoms with E-state index in [1.807, 2.05) is 42.5 Å². The highest BCUT2D eigenvalue weighted by atomic mass is 127. The molecule has 2 aromatic carbocycles. The van der Waals surface area contributed by atoms with Gasteiger partial charge in [0.1, 0.15) is 12.6 Å². The summed E-state index contributed by atoms with van der Waals surface area (Å²) in [7, 11) is 0. The van der Waals surface area contributed by atoms with Gasteiger partial charge in [0, 0.05) is 15.7 Å². The Balaban J connectivity index is 1.62. The molecule has 0 spiro atoms. The van der Waals surface area contributed by atoms with Gasteiger partial charge in [-0.25, -0.2) is 4.79 Å². The Morgan fingerprint density at radius 2 is 1.85 bits per heavy atom. The van der Waals surface area contributed by atoms with E-state index in [9.17, 15) is 14.7 Å². The number of anilines is 1. The Morgan fingerprint density at radius 1 is 1.15 bits per heavy atom. The van der Waals surface area contributed by atoms with Crippen LogP contribution in [0.4, 0.5) is 10.5 Å². The maximum absolute atomic E-state index is 12.6. The molecule has 2 amide bonds. The monoisotopic (exact) mass is 466 g/mol. The van der Waals surface area contributed by atoms with Crippen LogP contribution in [0.1, 0.15) is 12.0 Å². The lowest BCUT2D eigenvalue weighted by atomic mass is 10.2. The second kappa shape index (κ2) is 8.50. The van der Waals surface area contributed by atoms with E-state index in [0.29, 0.717) is 5.69 Å². The maximum Gasteiger partial charge on any atom is 0.410 e. The van der Waals surface area contributed by atoms with Crippen LogP contribution in [0, 0.1) is 3.57 Å². The molecular weight excluding hydrogens is 447 g/mol. The Labute approximate surface area is 165 Å². The molecule has 1 fully saturated rings. The molecule has 136 valence electrons. The zero-order valence-corrected chi connectivity index (χ0v) is 16.1. The molecule has 0 aliphatic carbocycles. The SMILES string of the molecule is O=C(Nc1ccc(I)cc1)[C@@H]1C[C@@H](O)CN1C(=O)OCc1ccccc1. The fourth-order valence-corrected chi connectivity index (χ4v) is 3.18. The van der Waals surface area contributed by atoms with Crippen LogP contribution in [0.3, 0.4) is 0 Å². The molecule has 0 aromatic heterocycles. The van der Waals surface area contributed by atoms with Crippen molar-refractivity contribution in [1.82, 2.24) is 4.90 Å². The first-order valence-electron chi connectivity index (χ1n) is 8.25. The molecule has 0 bridgehead atoms. The van der Waals surface area contributed by atoms with Gasteiger partial charge >= 0.3 is 6.09 Å². The van der Waals surface area contributed by atoms with Gasteiger partial charge in [-0.2, -0.15) is 0 Å². The predicted molar refractivity (Wildman–Crippen MR) is 106 cm³/mol. The number of hydrogen-bond acceptors (Lipinski definition) is 4. The second-order valence-electron chi connectivity index (χ2n) is 6.09. The van der Waals surface area contributed by atoms with Gasteiger partial charge in [0.15, 0.2) is 0 Å². The Kier molecular flexibility index (Phi) is 6.10. The van der Waals surface area contributed by atoms with Crippen LogP contribution < -0.4 is 5.32 Å². The summed E-state index contributed by atoms with van der Waals surface area (Å²) < 4.78 is 6.36. The zero-order chi connectivity index (χ0) is 18.5. The van der Waals surface area contributed by atoms with Crippen molar-refractivity contribution in [3.05, 3.63) is 63.7 Å². The fraction of sp³-hybridized carbons (Fsp3) is 0.263. The normalized spacial score (nSPS) is 19.2. The second-order valence-corrected chi connectivity index (χ2v) is 7.34. The third kappa shape index (κ3) is 4.73. The first kappa shape index (κ1) is 18.7. The average molecular weight is 466 g/mol. The number of nitrogens with one attached hydrogen (secondary N) is 1. The van der Waals surface area contributed by atoms with Crippen LogP contribution in [-0.4, -0.2) is 40.7 Å². The summed E-state index contributed by atoms with van der Waals surface area (Å²) in [4.78, 5) is 26.2. The van der Waals surface area contributed by atoms with Crippen molar-refractivity contribution in [2.24, 2.45) is 0 Å². The quantitative estimate of drug-likeness (QED) is 0.680. The summed E-state index contributed by atoms with van der Waals surface area (Å²) in [6, 6.07) is 15.9. The summed E-state index contributed by atoms with van der Waals surface area (Å²) in [6.07, 6.45) is -1.16. The molecule has 2 N–H and O–H groups in total. The number of benzene rings is 2. The molecule has 1 heterocycles. The number of ether oxygens (including phenoxy) is 1. The molecule has 7 heteroatoms. The van der Waals surface area contributed by atoms with E-state index in [0.717, 1.165) is 9.13 Å². The van der Waals surface area contributed by atoms with Crippen molar-refractivity contribution in [1.29, 1.82) is 0 Å². The predicted octanol–water partition coefficient (Wildman–Crippen LogP) is 3.00.